The van der Waals surface area contributed by atoms with Crippen LogP contribution in [0.4, 0.5) is 0 Å². The quantitative estimate of drug-likeness (QED) is 0.865. The van der Waals surface area contributed by atoms with Crippen LogP contribution in [0.1, 0.15) is 32.3 Å². The number of phenolic OH excluding ortho intramolecular Hbond substituents is 1. The smallest absolute Gasteiger partial charge is 0.323 e. The molecule has 5 heteroatoms. The largest absolute Gasteiger partial charge is 0.504 e. The van der Waals surface area contributed by atoms with Crippen molar-refractivity contribution in [1.82, 2.24) is 4.90 Å². The Morgan fingerprint density at radius 1 is 1.50 bits per heavy atom. The van der Waals surface area contributed by atoms with Crippen LogP contribution in [-0.2, 0) is 11.3 Å². The molecule has 0 amide bonds. The van der Waals surface area contributed by atoms with E-state index in [1.165, 1.54) is 0 Å². The molecule has 0 bridgehead atoms. The number of carboxylic acids is 1. The predicted molar refractivity (Wildman–Crippen MR) is 75.0 cm³/mol. The Morgan fingerprint density at radius 3 is 2.90 bits per heavy atom. The number of benzene rings is 1. The lowest BCUT2D eigenvalue weighted by atomic mass is 9.99. The highest BCUT2D eigenvalue weighted by Gasteiger charge is 2.43. The van der Waals surface area contributed by atoms with Gasteiger partial charge in [-0.1, -0.05) is 6.07 Å². The minimum atomic E-state index is -0.802. The fraction of sp³-hybridized carbons (Fsp3) is 0.533. The third kappa shape index (κ3) is 2.72. The highest BCUT2D eigenvalue weighted by Crippen LogP contribution is 2.33. The topological polar surface area (TPSA) is 70.0 Å². The van der Waals surface area contributed by atoms with Gasteiger partial charge in [-0.25, -0.2) is 0 Å². The molecule has 1 aromatic carbocycles. The molecule has 1 aliphatic rings. The van der Waals surface area contributed by atoms with Crippen LogP contribution in [0, 0.1) is 0 Å². The van der Waals surface area contributed by atoms with Crippen molar-refractivity contribution in [3.8, 4) is 11.5 Å². The molecule has 2 rings (SSSR count). The number of rotatable bonds is 5. The second kappa shape index (κ2) is 5.71. The van der Waals surface area contributed by atoms with E-state index in [4.69, 9.17) is 4.74 Å². The van der Waals surface area contributed by atoms with Crippen molar-refractivity contribution in [2.75, 3.05) is 13.2 Å². The van der Waals surface area contributed by atoms with Gasteiger partial charge in [-0.15, -0.1) is 0 Å². The van der Waals surface area contributed by atoms with E-state index in [1.807, 2.05) is 11.8 Å². The van der Waals surface area contributed by atoms with Gasteiger partial charge in [0.25, 0.3) is 0 Å². The standard InChI is InChI=1S/C15H21NO4/c1-3-20-13-9-11(5-6-12(13)17)10-16-8-4-7-15(16,2)14(18)19/h5-6,9,17H,3-4,7-8,10H2,1-2H3,(H,18,19). The zero-order chi connectivity index (χ0) is 14.8. The minimum Gasteiger partial charge on any atom is -0.504 e. The summed E-state index contributed by atoms with van der Waals surface area (Å²) in [5, 5.41) is 19.1. The molecule has 0 spiro atoms. The van der Waals surface area contributed by atoms with E-state index in [9.17, 15) is 15.0 Å². The monoisotopic (exact) mass is 279 g/mol. The Bertz CT molecular complexity index is 503. The maximum Gasteiger partial charge on any atom is 0.323 e. The van der Waals surface area contributed by atoms with Crippen LogP contribution in [0.5, 0.6) is 11.5 Å². The van der Waals surface area contributed by atoms with Gasteiger partial charge in [-0.05, 0) is 50.9 Å². The molecule has 2 N–H and O–H groups in total. The van der Waals surface area contributed by atoms with E-state index < -0.39 is 11.5 Å². The summed E-state index contributed by atoms with van der Waals surface area (Å²) in [6, 6.07) is 5.17. The first kappa shape index (κ1) is 14.7. The first-order chi connectivity index (χ1) is 9.47. The summed E-state index contributed by atoms with van der Waals surface area (Å²) in [6.07, 6.45) is 1.55. The van der Waals surface area contributed by atoms with Gasteiger partial charge in [0.2, 0.25) is 0 Å². The van der Waals surface area contributed by atoms with Crippen LogP contribution in [0.25, 0.3) is 0 Å². The highest BCUT2D eigenvalue weighted by atomic mass is 16.5. The van der Waals surface area contributed by atoms with Crippen molar-refractivity contribution < 1.29 is 19.7 Å². The molecule has 1 aromatic rings. The van der Waals surface area contributed by atoms with Crippen LogP contribution in [0.3, 0.4) is 0 Å². The first-order valence-corrected chi connectivity index (χ1v) is 6.90. The van der Waals surface area contributed by atoms with Gasteiger partial charge < -0.3 is 14.9 Å². The molecule has 1 aliphatic heterocycles. The fourth-order valence-corrected chi connectivity index (χ4v) is 2.66. The number of aliphatic carboxylic acids is 1. The zero-order valence-electron chi connectivity index (χ0n) is 11.9. The van der Waals surface area contributed by atoms with E-state index in [0.29, 0.717) is 25.3 Å². The van der Waals surface area contributed by atoms with Crippen LogP contribution < -0.4 is 4.74 Å². The molecular weight excluding hydrogens is 258 g/mol. The van der Waals surface area contributed by atoms with Gasteiger partial charge in [-0.3, -0.25) is 9.69 Å². The van der Waals surface area contributed by atoms with Gasteiger partial charge in [0, 0.05) is 6.54 Å². The Morgan fingerprint density at radius 2 is 2.25 bits per heavy atom. The van der Waals surface area contributed by atoms with E-state index in [2.05, 4.69) is 0 Å². The van der Waals surface area contributed by atoms with Gasteiger partial charge in [0.1, 0.15) is 5.54 Å². The van der Waals surface area contributed by atoms with Crippen LogP contribution in [0.15, 0.2) is 18.2 Å². The molecule has 1 unspecified atom stereocenters. The first-order valence-electron chi connectivity index (χ1n) is 6.90. The predicted octanol–water partition coefficient (Wildman–Crippen LogP) is 2.23. The number of likely N-dealkylation sites (tertiary alicyclic amines) is 1. The van der Waals surface area contributed by atoms with E-state index in [-0.39, 0.29) is 5.75 Å². The van der Waals surface area contributed by atoms with Crippen molar-refractivity contribution in [3.05, 3.63) is 23.8 Å². The number of hydrogen-bond donors (Lipinski definition) is 2. The molecule has 1 saturated heterocycles. The summed E-state index contributed by atoms with van der Waals surface area (Å²) in [6.45, 7) is 5.42. The number of carboxylic acid groups (broad SMARTS) is 1. The van der Waals surface area contributed by atoms with Gasteiger partial charge in [0.05, 0.1) is 6.61 Å². The SMILES string of the molecule is CCOc1cc(CN2CCCC2(C)C(=O)O)ccc1O. The average Bonchev–Trinajstić information content (AvgIpc) is 2.77. The lowest BCUT2D eigenvalue weighted by molar-refractivity contribution is -0.148. The Kier molecular flexibility index (Phi) is 4.18. The number of carbonyl (C=O) groups is 1. The lowest BCUT2D eigenvalue weighted by Gasteiger charge is -2.31. The van der Waals surface area contributed by atoms with Crippen molar-refractivity contribution >= 4 is 5.97 Å². The van der Waals surface area contributed by atoms with Crippen LogP contribution >= 0.6 is 0 Å². The van der Waals surface area contributed by atoms with E-state index >= 15 is 0 Å². The third-order valence-electron chi connectivity index (χ3n) is 3.95. The van der Waals surface area contributed by atoms with Crippen molar-refractivity contribution in [2.45, 2.75) is 38.8 Å². The number of aromatic hydroxyl groups is 1. The second-order valence-corrected chi connectivity index (χ2v) is 5.34. The summed E-state index contributed by atoms with van der Waals surface area (Å²) < 4.78 is 5.36. The molecular formula is C15H21NO4. The third-order valence-corrected chi connectivity index (χ3v) is 3.95. The molecule has 1 atom stereocenters. The van der Waals surface area contributed by atoms with Crippen molar-refractivity contribution in [1.29, 1.82) is 0 Å². The minimum absolute atomic E-state index is 0.109. The number of phenols is 1. The molecule has 20 heavy (non-hydrogen) atoms. The maximum atomic E-state index is 11.4. The van der Waals surface area contributed by atoms with Crippen molar-refractivity contribution in [2.24, 2.45) is 0 Å². The van der Waals surface area contributed by atoms with Gasteiger partial charge in [-0.2, -0.15) is 0 Å². The molecule has 0 saturated carbocycles. The van der Waals surface area contributed by atoms with Crippen molar-refractivity contribution in [3.63, 3.8) is 0 Å². The maximum absolute atomic E-state index is 11.4. The second-order valence-electron chi connectivity index (χ2n) is 5.34. The summed E-state index contributed by atoms with van der Waals surface area (Å²) in [5.74, 6) is -0.224. The molecule has 0 aromatic heterocycles. The molecule has 1 fully saturated rings. The Balaban J connectivity index is 2.17. The average molecular weight is 279 g/mol. The number of ether oxygens (including phenoxy) is 1. The van der Waals surface area contributed by atoms with E-state index in [0.717, 1.165) is 18.5 Å². The van der Waals surface area contributed by atoms with Gasteiger partial charge >= 0.3 is 5.97 Å². The zero-order valence-corrected chi connectivity index (χ0v) is 11.9. The fourth-order valence-electron chi connectivity index (χ4n) is 2.66. The summed E-state index contributed by atoms with van der Waals surface area (Å²) >= 11 is 0. The van der Waals surface area contributed by atoms with Gasteiger partial charge in [0.15, 0.2) is 11.5 Å². The molecule has 110 valence electrons. The molecule has 0 aliphatic carbocycles. The van der Waals surface area contributed by atoms with Crippen LogP contribution in [-0.4, -0.2) is 39.8 Å². The highest BCUT2D eigenvalue weighted by molar-refractivity contribution is 5.78. The normalized spacial score (nSPS) is 22.9. The lowest BCUT2D eigenvalue weighted by Crippen LogP contribution is -2.47. The Hall–Kier alpha value is -1.75. The molecule has 1 heterocycles. The Labute approximate surface area is 118 Å². The van der Waals surface area contributed by atoms with Crippen LogP contribution in [0.2, 0.25) is 0 Å². The number of hydrogen-bond acceptors (Lipinski definition) is 4. The molecule has 0 radical (unpaired) electrons. The summed E-state index contributed by atoms with van der Waals surface area (Å²) in [7, 11) is 0. The summed E-state index contributed by atoms with van der Waals surface area (Å²) in [4.78, 5) is 13.4. The van der Waals surface area contributed by atoms with E-state index in [1.54, 1.807) is 25.1 Å². The molecule has 5 nitrogen and oxygen atoms in total. The summed E-state index contributed by atoms with van der Waals surface area (Å²) in [5.41, 5.74) is 0.143. The number of nitrogens with zero attached hydrogens (tertiary/aromatic N) is 1.